The van der Waals surface area contributed by atoms with E-state index in [1.165, 1.54) is 5.56 Å². The van der Waals surface area contributed by atoms with E-state index in [1.54, 1.807) is 0 Å². The zero-order valence-electron chi connectivity index (χ0n) is 17.3. The van der Waals surface area contributed by atoms with Crippen molar-refractivity contribution in [2.45, 2.75) is 25.8 Å². The van der Waals surface area contributed by atoms with E-state index < -0.39 is 0 Å². The molecule has 4 aromatic rings. The molecule has 3 aromatic carbocycles. The maximum Gasteiger partial charge on any atom is 0.251 e. The Morgan fingerprint density at radius 1 is 0.968 bits per heavy atom. The zero-order valence-corrected chi connectivity index (χ0v) is 18.1. The number of nitrogens with zero attached hydrogens (tertiary/aromatic N) is 1. The Morgan fingerprint density at radius 2 is 1.65 bits per heavy atom. The van der Waals surface area contributed by atoms with E-state index >= 15 is 0 Å². The Bertz CT molecular complexity index is 1140. The molecule has 31 heavy (non-hydrogen) atoms. The second kappa shape index (κ2) is 9.63. The van der Waals surface area contributed by atoms with E-state index in [1.807, 2.05) is 79.7 Å². The summed E-state index contributed by atoms with van der Waals surface area (Å²) in [6.45, 7) is 2.04. The molecule has 0 aliphatic rings. The molecular weight excluding hydrogens is 406 g/mol. The molecule has 2 N–H and O–H groups in total. The number of hydrogen-bond donors (Lipinski definition) is 2. The second-order valence-corrected chi connectivity index (χ2v) is 8.09. The Morgan fingerprint density at radius 3 is 2.35 bits per heavy atom. The number of rotatable bonds is 7. The first-order chi connectivity index (χ1) is 15.1. The minimum Gasteiger partial charge on any atom is -0.350 e. The molecule has 0 saturated carbocycles. The summed E-state index contributed by atoms with van der Waals surface area (Å²) in [4.78, 5) is 12.6. The first kappa shape index (κ1) is 20.9. The Hall–Kier alpha value is -3.37. The molecule has 0 fully saturated rings. The lowest BCUT2D eigenvalue weighted by molar-refractivity contribution is 0.0938. The average molecular weight is 430 g/mol. The number of benzene rings is 3. The topological polar surface area (TPSA) is 57.8 Å². The molecular formula is C26H24ClN3O. The lowest BCUT2D eigenvalue weighted by atomic mass is 10.0. The normalized spacial score (nSPS) is 11.8. The van der Waals surface area contributed by atoms with Gasteiger partial charge in [-0.1, -0.05) is 66.2 Å². The van der Waals surface area contributed by atoms with Gasteiger partial charge in [0.05, 0.1) is 11.4 Å². The van der Waals surface area contributed by atoms with Gasteiger partial charge in [-0.15, -0.1) is 0 Å². The van der Waals surface area contributed by atoms with Gasteiger partial charge in [0.15, 0.2) is 0 Å². The summed E-state index contributed by atoms with van der Waals surface area (Å²) in [7, 11) is 0. The molecule has 1 unspecified atom stereocenters. The van der Waals surface area contributed by atoms with Crippen LogP contribution in [0.5, 0.6) is 0 Å². The summed E-state index contributed by atoms with van der Waals surface area (Å²) < 4.78 is 0. The van der Waals surface area contributed by atoms with Crippen molar-refractivity contribution in [1.82, 2.24) is 15.5 Å². The fourth-order valence-electron chi connectivity index (χ4n) is 3.45. The second-order valence-electron chi connectivity index (χ2n) is 7.65. The summed E-state index contributed by atoms with van der Waals surface area (Å²) in [5, 5.41) is 11.2. The number of carbonyl (C=O) groups excluding carboxylic acids is 1. The molecule has 0 radical (unpaired) electrons. The number of hydrogen-bond acceptors (Lipinski definition) is 2. The highest BCUT2D eigenvalue weighted by atomic mass is 35.5. The Kier molecular flexibility index (Phi) is 6.48. The van der Waals surface area contributed by atoms with Crippen LogP contribution in [0.2, 0.25) is 5.02 Å². The fourth-order valence-corrected chi connectivity index (χ4v) is 3.57. The van der Waals surface area contributed by atoms with E-state index in [0.29, 0.717) is 10.6 Å². The van der Waals surface area contributed by atoms with Gasteiger partial charge in [-0.05, 0) is 61.2 Å². The largest absolute Gasteiger partial charge is 0.350 e. The van der Waals surface area contributed by atoms with Crippen LogP contribution in [0.3, 0.4) is 0 Å². The molecule has 5 heteroatoms. The molecule has 0 aliphatic carbocycles. The number of carbonyl (C=O) groups is 1. The van der Waals surface area contributed by atoms with Crippen molar-refractivity contribution in [2.24, 2.45) is 0 Å². The predicted octanol–water partition coefficient (Wildman–Crippen LogP) is 6.15. The molecule has 4 rings (SSSR count). The molecule has 1 amide bonds. The van der Waals surface area contributed by atoms with Gasteiger partial charge in [-0.25, -0.2) is 0 Å². The van der Waals surface area contributed by atoms with Gasteiger partial charge < -0.3 is 5.32 Å². The molecule has 1 heterocycles. The van der Waals surface area contributed by atoms with Crippen LogP contribution in [0.25, 0.3) is 22.5 Å². The maximum absolute atomic E-state index is 12.6. The number of aromatic nitrogens is 2. The standard InChI is InChI=1S/C26H24ClN3O/c1-18(7-8-19-5-3-2-4-6-19)28-26(31)22-11-9-20(10-12-22)24-17-25(30-29-24)21-13-15-23(27)16-14-21/h2-6,9-18H,7-8H2,1H3,(H,28,31)(H,29,30). The van der Waals surface area contributed by atoms with Crippen molar-refractivity contribution in [2.75, 3.05) is 0 Å². The minimum absolute atomic E-state index is 0.0593. The van der Waals surface area contributed by atoms with Crippen LogP contribution >= 0.6 is 11.6 Å². The van der Waals surface area contributed by atoms with Crippen molar-refractivity contribution in [3.05, 3.63) is 101 Å². The third-order valence-electron chi connectivity index (χ3n) is 5.26. The van der Waals surface area contributed by atoms with Gasteiger partial charge >= 0.3 is 0 Å². The minimum atomic E-state index is -0.0593. The highest BCUT2D eigenvalue weighted by Crippen LogP contribution is 2.25. The van der Waals surface area contributed by atoms with Gasteiger partial charge in [0.2, 0.25) is 0 Å². The highest BCUT2D eigenvalue weighted by Gasteiger charge is 2.11. The molecule has 156 valence electrons. The fraction of sp³-hybridized carbons (Fsp3) is 0.154. The molecule has 0 bridgehead atoms. The summed E-state index contributed by atoms with van der Waals surface area (Å²) in [5.41, 5.74) is 5.64. The van der Waals surface area contributed by atoms with Gasteiger partial charge in [0.25, 0.3) is 5.91 Å². The first-order valence-electron chi connectivity index (χ1n) is 10.3. The quantitative estimate of drug-likeness (QED) is 0.370. The lowest BCUT2D eigenvalue weighted by Crippen LogP contribution is -2.32. The molecule has 0 aliphatic heterocycles. The van der Waals surface area contributed by atoms with E-state index in [4.69, 9.17) is 11.6 Å². The maximum atomic E-state index is 12.6. The summed E-state index contributed by atoms with van der Waals surface area (Å²) >= 11 is 5.96. The van der Waals surface area contributed by atoms with Crippen molar-refractivity contribution < 1.29 is 4.79 Å². The summed E-state index contributed by atoms with van der Waals surface area (Å²) in [5.74, 6) is -0.0593. The third-order valence-corrected chi connectivity index (χ3v) is 5.51. The first-order valence-corrected chi connectivity index (χ1v) is 10.7. The third kappa shape index (κ3) is 5.41. The Balaban J connectivity index is 1.36. The van der Waals surface area contributed by atoms with Crippen LogP contribution in [0.15, 0.2) is 84.9 Å². The Labute approximate surface area is 187 Å². The number of H-pyrrole nitrogens is 1. The monoisotopic (exact) mass is 429 g/mol. The molecule has 1 aromatic heterocycles. The van der Waals surface area contributed by atoms with Crippen LogP contribution in [0.1, 0.15) is 29.3 Å². The number of nitrogens with one attached hydrogen (secondary N) is 2. The van der Waals surface area contributed by atoms with Crippen molar-refractivity contribution in [3.8, 4) is 22.5 Å². The van der Waals surface area contributed by atoms with E-state index in [-0.39, 0.29) is 11.9 Å². The van der Waals surface area contributed by atoms with Crippen LogP contribution in [0, 0.1) is 0 Å². The number of halogens is 1. The SMILES string of the molecule is CC(CCc1ccccc1)NC(=O)c1ccc(-c2cc(-c3ccc(Cl)cc3)[nH]n2)cc1. The number of amides is 1. The van der Waals surface area contributed by atoms with Gasteiger partial charge in [0, 0.05) is 22.2 Å². The van der Waals surface area contributed by atoms with E-state index in [0.717, 1.165) is 35.4 Å². The van der Waals surface area contributed by atoms with Gasteiger partial charge in [0.1, 0.15) is 0 Å². The highest BCUT2D eigenvalue weighted by molar-refractivity contribution is 6.30. The zero-order chi connectivity index (χ0) is 21.6. The van der Waals surface area contributed by atoms with Crippen molar-refractivity contribution >= 4 is 17.5 Å². The summed E-state index contributed by atoms with van der Waals surface area (Å²) in [6, 6.07) is 27.5. The van der Waals surface area contributed by atoms with Crippen LogP contribution in [-0.2, 0) is 6.42 Å². The number of aromatic amines is 1. The molecule has 0 spiro atoms. The van der Waals surface area contributed by atoms with Crippen molar-refractivity contribution in [3.63, 3.8) is 0 Å². The van der Waals surface area contributed by atoms with Gasteiger partial charge in [-0.2, -0.15) is 5.10 Å². The van der Waals surface area contributed by atoms with Gasteiger partial charge in [-0.3, -0.25) is 9.89 Å². The smallest absolute Gasteiger partial charge is 0.251 e. The molecule has 1 atom stereocenters. The lowest BCUT2D eigenvalue weighted by Gasteiger charge is -2.14. The average Bonchev–Trinajstić information content (AvgIpc) is 3.29. The molecule has 4 nitrogen and oxygen atoms in total. The van der Waals surface area contributed by atoms with E-state index in [2.05, 4.69) is 27.6 Å². The van der Waals surface area contributed by atoms with Crippen LogP contribution in [-0.4, -0.2) is 22.1 Å². The summed E-state index contributed by atoms with van der Waals surface area (Å²) in [6.07, 6.45) is 1.84. The molecule has 0 saturated heterocycles. The van der Waals surface area contributed by atoms with Crippen LogP contribution < -0.4 is 5.32 Å². The van der Waals surface area contributed by atoms with Crippen LogP contribution in [0.4, 0.5) is 0 Å². The van der Waals surface area contributed by atoms with Crippen molar-refractivity contribution in [1.29, 1.82) is 0 Å². The number of aryl methyl sites for hydroxylation is 1. The predicted molar refractivity (Wildman–Crippen MR) is 126 cm³/mol. The van der Waals surface area contributed by atoms with E-state index in [9.17, 15) is 4.79 Å².